The summed E-state index contributed by atoms with van der Waals surface area (Å²) in [4.78, 5) is 11.8. The van der Waals surface area contributed by atoms with Gasteiger partial charge in [-0.1, -0.05) is 20.8 Å². The number of anilines is 1. The summed E-state index contributed by atoms with van der Waals surface area (Å²) < 4.78 is 38.6. The van der Waals surface area contributed by atoms with Gasteiger partial charge in [-0.25, -0.2) is 0 Å². The minimum Gasteiger partial charge on any atom is -0.325 e. The van der Waals surface area contributed by atoms with Crippen molar-refractivity contribution < 1.29 is 18.0 Å². The van der Waals surface area contributed by atoms with Crippen LogP contribution in [0.4, 0.5) is 18.9 Å². The van der Waals surface area contributed by atoms with E-state index in [1.54, 1.807) is 27.7 Å². The van der Waals surface area contributed by atoms with E-state index in [9.17, 15) is 18.0 Å². The normalized spacial score (nSPS) is 11.9. The minimum atomic E-state index is -4.64. The second kappa shape index (κ2) is 5.16. The van der Waals surface area contributed by atoms with Crippen LogP contribution in [0.15, 0.2) is 12.1 Å². The first-order valence-electron chi connectivity index (χ1n) is 5.90. The van der Waals surface area contributed by atoms with E-state index < -0.39 is 28.6 Å². The number of hydrogen-bond acceptors (Lipinski definition) is 2. The van der Waals surface area contributed by atoms with Crippen LogP contribution < -0.4 is 5.32 Å². The van der Waals surface area contributed by atoms with Crippen LogP contribution in [0.5, 0.6) is 0 Å². The fraction of sp³-hybridized carbons (Fsp3) is 0.429. The number of amides is 1. The van der Waals surface area contributed by atoms with E-state index in [1.165, 1.54) is 6.07 Å². The molecule has 0 heterocycles. The predicted octanol–water partition coefficient (Wildman–Crippen LogP) is 3.87. The summed E-state index contributed by atoms with van der Waals surface area (Å²) in [6.45, 7) is 6.52. The van der Waals surface area contributed by atoms with Crippen LogP contribution in [-0.4, -0.2) is 5.91 Å². The highest BCUT2D eigenvalue weighted by Gasteiger charge is 2.34. The quantitative estimate of drug-likeness (QED) is 0.851. The van der Waals surface area contributed by atoms with Gasteiger partial charge in [-0.2, -0.15) is 18.4 Å². The number of carbonyl (C=O) groups is 1. The number of aryl methyl sites for hydroxylation is 1. The lowest BCUT2D eigenvalue weighted by atomic mass is 9.95. The third-order valence-corrected chi connectivity index (χ3v) is 2.72. The summed E-state index contributed by atoms with van der Waals surface area (Å²) >= 11 is 0. The third kappa shape index (κ3) is 3.50. The van der Waals surface area contributed by atoms with Gasteiger partial charge in [0.2, 0.25) is 5.91 Å². The van der Waals surface area contributed by atoms with Crippen molar-refractivity contribution in [2.75, 3.05) is 5.32 Å². The molecular weight excluding hydrogens is 269 g/mol. The molecule has 1 aromatic rings. The van der Waals surface area contributed by atoms with Crippen molar-refractivity contribution in [3.8, 4) is 6.07 Å². The number of nitrogens with zero attached hydrogens (tertiary/aromatic N) is 1. The largest absolute Gasteiger partial charge is 0.417 e. The van der Waals surface area contributed by atoms with Crippen LogP contribution >= 0.6 is 0 Å². The van der Waals surface area contributed by atoms with Crippen molar-refractivity contribution in [3.63, 3.8) is 0 Å². The highest BCUT2D eigenvalue weighted by molar-refractivity contribution is 5.95. The lowest BCUT2D eigenvalue weighted by Crippen LogP contribution is -2.28. The Hall–Kier alpha value is -2.03. The maximum atomic E-state index is 12.9. The molecule has 0 bridgehead atoms. The first-order chi connectivity index (χ1) is 8.96. The summed E-state index contributed by atoms with van der Waals surface area (Å²) in [5, 5.41) is 11.2. The van der Waals surface area contributed by atoms with E-state index >= 15 is 0 Å². The van der Waals surface area contributed by atoms with E-state index in [1.807, 2.05) is 0 Å². The third-order valence-electron chi connectivity index (χ3n) is 2.72. The van der Waals surface area contributed by atoms with Crippen LogP contribution in [0.25, 0.3) is 0 Å². The standard InChI is InChI=1S/C14H15F3N2O/c1-8-5-9(7-18)10(14(15,16)17)6-11(8)19-12(20)13(2,3)4/h5-6H,1-4H3,(H,19,20). The number of halogens is 3. The van der Waals surface area contributed by atoms with Crippen LogP contribution in [0.1, 0.15) is 37.5 Å². The molecule has 1 amide bonds. The number of carbonyl (C=O) groups excluding carboxylic acids is 1. The van der Waals surface area contributed by atoms with Crippen molar-refractivity contribution in [1.29, 1.82) is 5.26 Å². The number of benzene rings is 1. The van der Waals surface area contributed by atoms with Gasteiger partial charge in [0.15, 0.2) is 0 Å². The molecule has 108 valence electrons. The summed E-state index contributed by atoms with van der Waals surface area (Å²) in [7, 11) is 0. The van der Waals surface area contributed by atoms with Gasteiger partial charge in [-0.05, 0) is 24.6 Å². The van der Waals surface area contributed by atoms with E-state index in [-0.39, 0.29) is 5.69 Å². The van der Waals surface area contributed by atoms with Crippen molar-refractivity contribution >= 4 is 11.6 Å². The fourth-order valence-electron chi connectivity index (χ4n) is 1.48. The molecule has 0 aliphatic carbocycles. The Bertz CT molecular complexity index is 578. The molecule has 20 heavy (non-hydrogen) atoms. The Morgan fingerprint density at radius 3 is 2.20 bits per heavy atom. The molecule has 0 aromatic heterocycles. The monoisotopic (exact) mass is 284 g/mol. The number of alkyl halides is 3. The van der Waals surface area contributed by atoms with Gasteiger partial charge in [0.25, 0.3) is 0 Å². The maximum absolute atomic E-state index is 12.9. The zero-order valence-corrected chi connectivity index (χ0v) is 11.6. The molecule has 0 unspecified atom stereocenters. The molecule has 0 saturated heterocycles. The summed E-state index contributed by atoms with van der Waals surface area (Å²) in [6, 6.07) is 3.45. The summed E-state index contributed by atoms with van der Waals surface area (Å²) in [6.07, 6.45) is -4.64. The zero-order valence-electron chi connectivity index (χ0n) is 11.6. The molecule has 0 aliphatic heterocycles. The Balaban J connectivity index is 3.31. The molecule has 0 fully saturated rings. The molecule has 0 radical (unpaired) electrons. The smallest absolute Gasteiger partial charge is 0.325 e. The Labute approximate surface area is 115 Å². The SMILES string of the molecule is Cc1cc(C#N)c(C(F)(F)F)cc1NC(=O)C(C)(C)C. The number of nitriles is 1. The maximum Gasteiger partial charge on any atom is 0.417 e. The van der Waals surface area contributed by atoms with Crippen molar-refractivity contribution in [2.24, 2.45) is 5.41 Å². The van der Waals surface area contributed by atoms with Crippen molar-refractivity contribution in [2.45, 2.75) is 33.9 Å². The molecule has 3 nitrogen and oxygen atoms in total. The van der Waals surface area contributed by atoms with Crippen LogP contribution in [0.2, 0.25) is 0 Å². The molecule has 6 heteroatoms. The minimum absolute atomic E-state index is 0.0660. The number of rotatable bonds is 1. The van der Waals surface area contributed by atoms with Gasteiger partial charge in [0, 0.05) is 11.1 Å². The summed E-state index contributed by atoms with van der Waals surface area (Å²) in [5.74, 6) is -0.390. The molecule has 0 aliphatic rings. The van der Waals surface area contributed by atoms with Gasteiger partial charge in [-0.15, -0.1) is 0 Å². The molecule has 0 saturated carbocycles. The Morgan fingerprint density at radius 2 is 1.80 bits per heavy atom. The molecule has 1 N–H and O–H groups in total. The summed E-state index contributed by atoms with van der Waals surface area (Å²) in [5.41, 5.74) is -1.75. The average molecular weight is 284 g/mol. The first-order valence-corrected chi connectivity index (χ1v) is 5.90. The second-order valence-corrected chi connectivity index (χ2v) is 5.53. The molecular formula is C14H15F3N2O. The first kappa shape index (κ1) is 16.0. The van der Waals surface area contributed by atoms with Crippen molar-refractivity contribution in [1.82, 2.24) is 0 Å². The topological polar surface area (TPSA) is 52.9 Å². The zero-order chi connectivity index (χ0) is 15.7. The second-order valence-electron chi connectivity index (χ2n) is 5.53. The Kier molecular flexibility index (Phi) is 4.13. The van der Waals surface area contributed by atoms with E-state index in [0.717, 1.165) is 12.1 Å². The molecule has 0 atom stereocenters. The molecule has 1 aromatic carbocycles. The average Bonchev–Trinajstić information content (AvgIpc) is 2.28. The van der Waals surface area contributed by atoms with Crippen LogP contribution in [0, 0.1) is 23.7 Å². The molecule has 1 rings (SSSR count). The number of hydrogen-bond donors (Lipinski definition) is 1. The highest BCUT2D eigenvalue weighted by atomic mass is 19.4. The van der Waals surface area contributed by atoms with Crippen LogP contribution in [-0.2, 0) is 11.0 Å². The highest BCUT2D eigenvalue weighted by Crippen LogP contribution is 2.35. The van der Waals surface area contributed by atoms with Crippen molar-refractivity contribution in [3.05, 3.63) is 28.8 Å². The Morgan fingerprint density at radius 1 is 1.25 bits per heavy atom. The van der Waals surface area contributed by atoms with Gasteiger partial charge in [0.1, 0.15) is 0 Å². The molecule has 0 spiro atoms. The lowest BCUT2D eigenvalue weighted by molar-refractivity contribution is -0.137. The number of nitrogens with one attached hydrogen (secondary N) is 1. The van der Waals surface area contributed by atoms with E-state index in [0.29, 0.717) is 5.56 Å². The van der Waals surface area contributed by atoms with Gasteiger partial charge >= 0.3 is 6.18 Å². The fourth-order valence-corrected chi connectivity index (χ4v) is 1.48. The predicted molar refractivity (Wildman–Crippen MR) is 69.0 cm³/mol. The van der Waals surface area contributed by atoms with Crippen LogP contribution in [0.3, 0.4) is 0 Å². The van der Waals surface area contributed by atoms with E-state index in [2.05, 4.69) is 5.32 Å². The lowest BCUT2D eigenvalue weighted by Gasteiger charge is -2.20. The van der Waals surface area contributed by atoms with Gasteiger partial charge in [-0.3, -0.25) is 4.79 Å². The van der Waals surface area contributed by atoms with Gasteiger partial charge in [0.05, 0.1) is 17.2 Å². The van der Waals surface area contributed by atoms with E-state index in [4.69, 9.17) is 5.26 Å². The van der Waals surface area contributed by atoms with Gasteiger partial charge < -0.3 is 5.32 Å².